The predicted octanol–water partition coefficient (Wildman–Crippen LogP) is 4.52. The number of thiazole rings is 1. The summed E-state index contributed by atoms with van der Waals surface area (Å²) in [5.74, 6) is 1.96. The van der Waals surface area contributed by atoms with Crippen molar-refractivity contribution in [3.05, 3.63) is 59.8 Å². The molecule has 1 N–H and O–H groups in total. The minimum atomic E-state index is -0.147. The van der Waals surface area contributed by atoms with E-state index in [0.29, 0.717) is 17.6 Å². The Morgan fingerprint density at radius 3 is 2.63 bits per heavy atom. The van der Waals surface area contributed by atoms with E-state index >= 15 is 0 Å². The number of carbonyl (C=O) groups excluding carboxylic acids is 1. The molecule has 0 radical (unpaired) electrons. The van der Waals surface area contributed by atoms with Gasteiger partial charge in [0.15, 0.2) is 0 Å². The number of aromatic nitrogens is 3. The lowest BCUT2D eigenvalue weighted by atomic mass is 10.2. The van der Waals surface area contributed by atoms with Crippen molar-refractivity contribution < 1.29 is 14.3 Å². The van der Waals surface area contributed by atoms with Gasteiger partial charge in [-0.05, 0) is 44.2 Å². The Bertz CT molecular complexity index is 1180. The van der Waals surface area contributed by atoms with E-state index in [-0.39, 0.29) is 12.3 Å². The summed E-state index contributed by atoms with van der Waals surface area (Å²) in [4.78, 5) is 17.1. The maximum Gasteiger partial charge on any atom is 0.228 e. The SMILES string of the molecule is COc1ccc2nc(-n3nc(C)cc3NC(=O)CCOc3ccc(C)cc3)sc2c1. The van der Waals surface area contributed by atoms with E-state index < -0.39 is 0 Å². The van der Waals surface area contributed by atoms with Crippen LogP contribution in [0.5, 0.6) is 11.5 Å². The third-order valence-corrected chi connectivity index (χ3v) is 5.48. The van der Waals surface area contributed by atoms with Crippen LogP contribution in [0.3, 0.4) is 0 Å². The van der Waals surface area contributed by atoms with E-state index in [1.54, 1.807) is 11.8 Å². The molecule has 0 atom stereocenters. The molecule has 8 heteroatoms. The van der Waals surface area contributed by atoms with Crippen molar-refractivity contribution in [1.29, 1.82) is 0 Å². The quantitative estimate of drug-likeness (QED) is 0.474. The van der Waals surface area contributed by atoms with Crippen LogP contribution in [0.4, 0.5) is 5.82 Å². The fraction of sp³-hybridized carbons (Fsp3) is 0.227. The van der Waals surface area contributed by atoms with Crippen LogP contribution < -0.4 is 14.8 Å². The van der Waals surface area contributed by atoms with Crippen LogP contribution in [-0.2, 0) is 4.79 Å². The highest BCUT2D eigenvalue weighted by molar-refractivity contribution is 7.20. The molecule has 0 aliphatic rings. The Kier molecular flexibility index (Phi) is 5.67. The first-order chi connectivity index (χ1) is 14.5. The summed E-state index contributed by atoms with van der Waals surface area (Å²) < 4.78 is 13.6. The van der Waals surface area contributed by atoms with Crippen LogP contribution >= 0.6 is 11.3 Å². The average Bonchev–Trinajstić information content (AvgIpc) is 3.31. The van der Waals surface area contributed by atoms with Crippen molar-refractivity contribution >= 4 is 33.3 Å². The Balaban J connectivity index is 1.45. The number of fused-ring (bicyclic) bond motifs is 1. The lowest BCUT2D eigenvalue weighted by Gasteiger charge is -2.08. The van der Waals surface area contributed by atoms with Gasteiger partial charge in [-0.1, -0.05) is 29.0 Å². The first-order valence-electron chi connectivity index (χ1n) is 9.53. The van der Waals surface area contributed by atoms with E-state index in [9.17, 15) is 4.79 Å². The Hall–Kier alpha value is -3.39. The zero-order chi connectivity index (χ0) is 21.1. The van der Waals surface area contributed by atoms with Crippen molar-refractivity contribution in [3.63, 3.8) is 0 Å². The zero-order valence-corrected chi connectivity index (χ0v) is 17.8. The van der Waals surface area contributed by atoms with Crippen LogP contribution in [0.1, 0.15) is 17.7 Å². The molecule has 0 saturated heterocycles. The van der Waals surface area contributed by atoms with E-state index in [0.717, 1.165) is 33.0 Å². The minimum Gasteiger partial charge on any atom is -0.497 e. The Morgan fingerprint density at radius 2 is 1.87 bits per heavy atom. The van der Waals surface area contributed by atoms with Crippen molar-refractivity contribution in [3.8, 4) is 16.6 Å². The molecule has 0 aliphatic carbocycles. The first kappa shape index (κ1) is 19.9. The summed E-state index contributed by atoms with van der Waals surface area (Å²) in [5, 5.41) is 8.09. The smallest absolute Gasteiger partial charge is 0.228 e. The summed E-state index contributed by atoms with van der Waals surface area (Å²) in [6, 6.07) is 15.3. The largest absolute Gasteiger partial charge is 0.497 e. The summed E-state index contributed by atoms with van der Waals surface area (Å²) in [5.41, 5.74) is 2.81. The van der Waals surface area contributed by atoms with E-state index in [1.807, 2.05) is 62.4 Å². The zero-order valence-electron chi connectivity index (χ0n) is 17.0. The van der Waals surface area contributed by atoms with Gasteiger partial charge in [0.25, 0.3) is 0 Å². The second-order valence-corrected chi connectivity index (χ2v) is 7.88. The number of rotatable bonds is 7. The molecule has 0 aliphatic heterocycles. The second-order valence-electron chi connectivity index (χ2n) is 6.87. The molecule has 2 heterocycles. The number of nitrogens with zero attached hydrogens (tertiary/aromatic N) is 3. The lowest BCUT2D eigenvalue weighted by molar-refractivity contribution is -0.116. The standard InChI is InChI=1S/C22H22N4O3S/c1-14-4-6-16(7-5-14)29-11-10-21(27)24-20-12-15(2)25-26(20)22-23-18-9-8-17(28-3)13-19(18)30-22/h4-9,12-13H,10-11H2,1-3H3,(H,24,27). The summed E-state index contributed by atoms with van der Waals surface area (Å²) >= 11 is 1.48. The number of hydrogen-bond donors (Lipinski definition) is 1. The van der Waals surface area contributed by atoms with Gasteiger partial charge in [0.1, 0.15) is 17.3 Å². The molecule has 0 saturated carbocycles. The van der Waals surface area contributed by atoms with Gasteiger partial charge in [0, 0.05) is 6.07 Å². The molecule has 0 bridgehead atoms. The van der Waals surface area contributed by atoms with Gasteiger partial charge in [-0.15, -0.1) is 0 Å². The molecule has 0 fully saturated rings. The van der Waals surface area contributed by atoms with Crippen molar-refractivity contribution in [2.45, 2.75) is 20.3 Å². The predicted molar refractivity (Wildman–Crippen MR) is 118 cm³/mol. The average molecular weight is 423 g/mol. The fourth-order valence-electron chi connectivity index (χ4n) is 2.95. The van der Waals surface area contributed by atoms with Crippen molar-refractivity contribution in [2.75, 3.05) is 19.0 Å². The number of hydrogen-bond acceptors (Lipinski definition) is 6. The van der Waals surface area contributed by atoms with Gasteiger partial charge in [-0.3, -0.25) is 4.79 Å². The van der Waals surface area contributed by atoms with Crippen LogP contribution in [0, 0.1) is 13.8 Å². The molecular weight excluding hydrogens is 400 g/mol. The first-order valence-corrected chi connectivity index (χ1v) is 10.3. The number of benzene rings is 2. The number of methoxy groups -OCH3 is 1. The highest BCUT2D eigenvalue weighted by Crippen LogP contribution is 2.30. The molecule has 30 heavy (non-hydrogen) atoms. The molecule has 0 unspecified atom stereocenters. The maximum atomic E-state index is 12.4. The van der Waals surface area contributed by atoms with Crippen molar-refractivity contribution in [2.24, 2.45) is 0 Å². The summed E-state index contributed by atoms with van der Waals surface area (Å²) in [6.07, 6.45) is 0.231. The number of ether oxygens (including phenoxy) is 2. The molecule has 7 nitrogen and oxygen atoms in total. The van der Waals surface area contributed by atoms with E-state index in [2.05, 4.69) is 15.4 Å². The molecule has 4 rings (SSSR count). The molecule has 1 amide bonds. The highest BCUT2D eigenvalue weighted by atomic mass is 32.1. The minimum absolute atomic E-state index is 0.147. The van der Waals surface area contributed by atoms with Crippen LogP contribution in [0.25, 0.3) is 15.3 Å². The third-order valence-electron chi connectivity index (χ3n) is 4.48. The van der Waals surface area contributed by atoms with Gasteiger partial charge in [0.05, 0.1) is 36.0 Å². The van der Waals surface area contributed by atoms with E-state index in [4.69, 9.17) is 9.47 Å². The third kappa shape index (κ3) is 4.44. The number of anilines is 1. The molecule has 4 aromatic rings. The number of carbonyl (C=O) groups is 1. The van der Waals surface area contributed by atoms with Gasteiger partial charge in [-0.25, -0.2) is 4.98 Å². The van der Waals surface area contributed by atoms with Crippen LogP contribution in [0.15, 0.2) is 48.5 Å². The molecule has 2 aromatic carbocycles. The van der Waals surface area contributed by atoms with Crippen LogP contribution in [-0.4, -0.2) is 34.4 Å². The van der Waals surface area contributed by atoms with Crippen molar-refractivity contribution in [1.82, 2.24) is 14.8 Å². The normalized spacial score (nSPS) is 10.9. The van der Waals surface area contributed by atoms with Gasteiger partial charge in [-0.2, -0.15) is 9.78 Å². The van der Waals surface area contributed by atoms with Gasteiger partial charge < -0.3 is 14.8 Å². The van der Waals surface area contributed by atoms with Gasteiger partial charge in [0.2, 0.25) is 11.0 Å². The molecule has 2 aromatic heterocycles. The second kappa shape index (κ2) is 8.54. The fourth-order valence-corrected chi connectivity index (χ4v) is 3.91. The molecule has 154 valence electrons. The number of nitrogens with one attached hydrogen (secondary N) is 1. The molecule has 0 spiro atoms. The summed E-state index contributed by atoms with van der Waals surface area (Å²) in [7, 11) is 1.64. The Morgan fingerprint density at radius 1 is 1.10 bits per heavy atom. The topological polar surface area (TPSA) is 78.3 Å². The van der Waals surface area contributed by atoms with E-state index in [1.165, 1.54) is 11.3 Å². The molecular formula is C22H22N4O3S. The number of amides is 1. The maximum absolute atomic E-state index is 12.4. The Labute approximate surface area is 178 Å². The highest BCUT2D eigenvalue weighted by Gasteiger charge is 2.15. The summed E-state index contributed by atoms with van der Waals surface area (Å²) in [6.45, 7) is 4.19. The monoisotopic (exact) mass is 422 g/mol. The number of aryl methyl sites for hydroxylation is 2. The van der Waals surface area contributed by atoms with Gasteiger partial charge >= 0.3 is 0 Å². The van der Waals surface area contributed by atoms with Crippen LogP contribution in [0.2, 0.25) is 0 Å². The lowest BCUT2D eigenvalue weighted by Crippen LogP contribution is -2.17.